The molecule has 0 saturated carbocycles. The van der Waals surface area contributed by atoms with Crippen molar-refractivity contribution in [2.75, 3.05) is 24.3 Å². The number of rotatable bonds is 9. The number of hydrogen-bond donors (Lipinski definition) is 1. The molecular formula is C29H28N6O5S. The fourth-order valence-corrected chi connectivity index (χ4v) is 5.72. The lowest BCUT2D eigenvalue weighted by molar-refractivity contribution is -0.385. The Morgan fingerprint density at radius 2 is 1.80 bits per heavy atom. The van der Waals surface area contributed by atoms with E-state index in [9.17, 15) is 19.7 Å². The van der Waals surface area contributed by atoms with Crippen LogP contribution < -0.4 is 15.0 Å². The Morgan fingerprint density at radius 1 is 1.05 bits per heavy atom. The largest absolute Gasteiger partial charge is 0.495 e. The van der Waals surface area contributed by atoms with Gasteiger partial charge in [-0.3, -0.25) is 24.3 Å². The van der Waals surface area contributed by atoms with E-state index in [4.69, 9.17) is 4.74 Å². The summed E-state index contributed by atoms with van der Waals surface area (Å²) in [4.78, 5) is 38.9. The van der Waals surface area contributed by atoms with E-state index in [0.717, 1.165) is 24.1 Å². The summed E-state index contributed by atoms with van der Waals surface area (Å²) in [7, 11) is 1.56. The zero-order chi connectivity index (χ0) is 28.9. The fourth-order valence-electron chi connectivity index (χ4n) is 4.88. The summed E-state index contributed by atoms with van der Waals surface area (Å²) < 4.78 is 7.32. The number of anilines is 1. The first-order chi connectivity index (χ1) is 19.9. The molecule has 210 valence electrons. The van der Waals surface area contributed by atoms with Crippen LogP contribution in [0.15, 0.2) is 71.9 Å². The molecule has 41 heavy (non-hydrogen) atoms. The van der Waals surface area contributed by atoms with Crippen molar-refractivity contribution in [1.82, 2.24) is 20.1 Å². The molecule has 1 N–H and O–H groups in total. The molecule has 0 radical (unpaired) electrons. The monoisotopic (exact) mass is 572 g/mol. The average Bonchev–Trinajstić information content (AvgIpc) is 3.40. The molecular weight excluding hydrogens is 544 g/mol. The molecule has 4 aromatic rings. The van der Waals surface area contributed by atoms with Crippen molar-refractivity contribution >= 4 is 35.0 Å². The van der Waals surface area contributed by atoms with Crippen LogP contribution in [-0.2, 0) is 17.8 Å². The number of nitro benzene ring substituents is 1. The zero-order valence-corrected chi connectivity index (χ0v) is 23.4. The van der Waals surface area contributed by atoms with Crippen molar-refractivity contribution in [3.05, 3.63) is 99.4 Å². The van der Waals surface area contributed by atoms with Crippen LogP contribution in [0.4, 0.5) is 11.4 Å². The Bertz CT molecular complexity index is 1620. The predicted molar refractivity (Wildman–Crippen MR) is 155 cm³/mol. The van der Waals surface area contributed by atoms with E-state index in [1.807, 2.05) is 41.3 Å². The standard InChI is InChI=1S/C29H28N6O5S/c1-19-21(11-7-14-22(19)35(38)39)28(37)30-17-26-31-32-29(34(26)24-13-5-6-15-25(24)40-2)41-18-27(36)33-16-8-10-20-9-3-4-12-23(20)33/h3-7,9,11-15H,8,10,16-18H2,1-2H3,(H,30,37). The molecule has 0 aliphatic carbocycles. The molecule has 0 unspecified atom stereocenters. The highest BCUT2D eigenvalue weighted by Crippen LogP contribution is 2.31. The lowest BCUT2D eigenvalue weighted by Gasteiger charge is -2.29. The number of benzene rings is 3. The maximum Gasteiger partial charge on any atom is 0.273 e. The number of amides is 2. The van der Waals surface area contributed by atoms with E-state index in [2.05, 4.69) is 21.6 Å². The van der Waals surface area contributed by atoms with E-state index < -0.39 is 10.8 Å². The molecule has 1 aliphatic rings. The second-order valence-corrected chi connectivity index (χ2v) is 10.3. The second kappa shape index (κ2) is 12.2. The van der Waals surface area contributed by atoms with Crippen LogP contribution in [0.3, 0.4) is 0 Å². The molecule has 1 aliphatic heterocycles. The summed E-state index contributed by atoms with van der Waals surface area (Å²) in [6.07, 6.45) is 1.85. The topological polar surface area (TPSA) is 132 Å². The number of nitro groups is 1. The van der Waals surface area contributed by atoms with Gasteiger partial charge in [0.05, 0.1) is 30.0 Å². The Balaban J connectivity index is 1.39. The minimum atomic E-state index is -0.516. The quantitative estimate of drug-likeness (QED) is 0.176. The SMILES string of the molecule is COc1ccccc1-n1c(CNC(=O)c2cccc([N+](=O)[O-])c2C)nnc1SCC(=O)N1CCCc2ccccc21. The Labute approximate surface area is 240 Å². The number of aryl methyl sites for hydroxylation is 1. The third-order valence-electron chi connectivity index (χ3n) is 6.92. The first-order valence-electron chi connectivity index (χ1n) is 13.0. The highest BCUT2D eigenvalue weighted by atomic mass is 32.2. The van der Waals surface area contributed by atoms with Crippen molar-refractivity contribution in [3.8, 4) is 11.4 Å². The highest BCUT2D eigenvalue weighted by molar-refractivity contribution is 7.99. The number of para-hydroxylation sites is 3. The Kier molecular flexibility index (Phi) is 8.29. The van der Waals surface area contributed by atoms with Crippen LogP contribution in [0.1, 0.15) is 33.7 Å². The van der Waals surface area contributed by atoms with Gasteiger partial charge in [0.2, 0.25) is 5.91 Å². The molecule has 2 heterocycles. The van der Waals surface area contributed by atoms with Crippen LogP contribution in [0.2, 0.25) is 0 Å². The summed E-state index contributed by atoms with van der Waals surface area (Å²) in [5.41, 5.74) is 3.09. The predicted octanol–water partition coefficient (Wildman–Crippen LogP) is 4.49. The Morgan fingerprint density at radius 3 is 2.59 bits per heavy atom. The third kappa shape index (κ3) is 5.78. The summed E-state index contributed by atoms with van der Waals surface area (Å²) in [5.74, 6) is 0.597. The number of carbonyl (C=O) groups is 2. The van der Waals surface area contributed by atoms with Gasteiger partial charge in [-0.25, -0.2) is 0 Å². The first-order valence-corrected chi connectivity index (χ1v) is 14.0. The van der Waals surface area contributed by atoms with E-state index in [1.54, 1.807) is 17.7 Å². The molecule has 12 heteroatoms. The number of methoxy groups -OCH3 is 1. The van der Waals surface area contributed by atoms with Crippen molar-refractivity contribution in [3.63, 3.8) is 0 Å². The van der Waals surface area contributed by atoms with Gasteiger partial charge in [0.25, 0.3) is 11.6 Å². The molecule has 11 nitrogen and oxygen atoms in total. The highest BCUT2D eigenvalue weighted by Gasteiger charge is 2.25. The van der Waals surface area contributed by atoms with E-state index >= 15 is 0 Å². The van der Waals surface area contributed by atoms with Gasteiger partial charge in [-0.2, -0.15) is 0 Å². The van der Waals surface area contributed by atoms with Crippen molar-refractivity contribution in [1.29, 1.82) is 0 Å². The molecule has 2 amide bonds. The summed E-state index contributed by atoms with van der Waals surface area (Å²) in [5, 5.41) is 23.2. The molecule has 0 fully saturated rings. The van der Waals surface area contributed by atoms with Crippen molar-refractivity contribution in [2.45, 2.75) is 31.5 Å². The number of nitrogens with zero attached hydrogens (tertiary/aromatic N) is 5. The lowest BCUT2D eigenvalue weighted by atomic mass is 10.0. The van der Waals surface area contributed by atoms with Crippen LogP contribution in [0, 0.1) is 17.0 Å². The van der Waals surface area contributed by atoms with Crippen molar-refractivity contribution < 1.29 is 19.2 Å². The molecule has 3 aromatic carbocycles. The van der Waals surface area contributed by atoms with Gasteiger partial charge in [-0.15, -0.1) is 10.2 Å². The van der Waals surface area contributed by atoms with Gasteiger partial charge in [-0.1, -0.05) is 48.2 Å². The summed E-state index contributed by atoms with van der Waals surface area (Å²) in [6.45, 7) is 2.18. The first kappa shape index (κ1) is 27.8. The zero-order valence-electron chi connectivity index (χ0n) is 22.6. The van der Waals surface area contributed by atoms with E-state index in [-0.39, 0.29) is 35.0 Å². The maximum atomic E-state index is 13.3. The number of aromatic nitrogens is 3. The number of nitrogens with one attached hydrogen (secondary N) is 1. The maximum absolute atomic E-state index is 13.3. The normalized spacial score (nSPS) is 12.5. The van der Waals surface area contributed by atoms with Crippen LogP contribution in [-0.4, -0.2) is 50.9 Å². The fraction of sp³-hybridized carbons (Fsp3) is 0.241. The van der Waals surface area contributed by atoms with Crippen LogP contribution in [0.25, 0.3) is 5.69 Å². The molecule has 1 aromatic heterocycles. The van der Waals surface area contributed by atoms with Gasteiger partial charge in [0.1, 0.15) is 5.75 Å². The molecule has 0 bridgehead atoms. The van der Waals surface area contributed by atoms with Gasteiger partial charge in [-0.05, 0) is 49.6 Å². The number of carbonyl (C=O) groups excluding carboxylic acids is 2. The molecule has 5 rings (SSSR count). The number of fused-ring (bicyclic) bond motifs is 1. The second-order valence-electron chi connectivity index (χ2n) is 9.36. The third-order valence-corrected chi connectivity index (χ3v) is 7.83. The van der Waals surface area contributed by atoms with E-state index in [1.165, 1.54) is 36.9 Å². The van der Waals surface area contributed by atoms with Gasteiger partial charge < -0.3 is 15.0 Å². The minimum absolute atomic E-state index is 0.0139. The van der Waals surface area contributed by atoms with Crippen molar-refractivity contribution in [2.24, 2.45) is 0 Å². The summed E-state index contributed by atoms with van der Waals surface area (Å²) >= 11 is 1.25. The Hall–Kier alpha value is -4.71. The lowest BCUT2D eigenvalue weighted by Crippen LogP contribution is -2.36. The molecule has 0 spiro atoms. The number of hydrogen-bond acceptors (Lipinski definition) is 8. The van der Waals surface area contributed by atoms with Crippen LogP contribution >= 0.6 is 11.8 Å². The molecule has 0 atom stereocenters. The minimum Gasteiger partial charge on any atom is -0.495 e. The molecule has 0 saturated heterocycles. The van der Waals surface area contributed by atoms with Gasteiger partial charge in [0, 0.05) is 29.4 Å². The average molecular weight is 573 g/mol. The van der Waals surface area contributed by atoms with Gasteiger partial charge >= 0.3 is 0 Å². The van der Waals surface area contributed by atoms with E-state index in [0.29, 0.717) is 29.0 Å². The number of thioether (sulfide) groups is 1. The number of ether oxygens (including phenoxy) is 1. The summed E-state index contributed by atoms with van der Waals surface area (Å²) in [6, 6.07) is 19.6. The van der Waals surface area contributed by atoms with Gasteiger partial charge in [0.15, 0.2) is 11.0 Å². The van der Waals surface area contributed by atoms with Crippen LogP contribution in [0.5, 0.6) is 5.75 Å². The smallest absolute Gasteiger partial charge is 0.273 e.